The van der Waals surface area contributed by atoms with Crippen LogP contribution in [0.4, 0.5) is 5.69 Å². The van der Waals surface area contributed by atoms with Crippen LogP contribution in [0, 0.1) is 0 Å². The number of ether oxygens (including phenoxy) is 1. The van der Waals surface area contributed by atoms with Gasteiger partial charge < -0.3 is 19.5 Å². The zero-order chi connectivity index (χ0) is 21.7. The van der Waals surface area contributed by atoms with Gasteiger partial charge >= 0.3 is 5.97 Å². The molecule has 1 amide bonds. The van der Waals surface area contributed by atoms with E-state index in [-0.39, 0.29) is 18.1 Å². The van der Waals surface area contributed by atoms with E-state index in [0.29, 0.717) is 42.1 Å². The summed E-state index contributed by atoms with van der Waals surface area (Å²) < 4.78 is 11.2. The highest BCUT2D eigenvalue weighted by molar-refractivity contribution is 14.2. The van der Waals surface area contributed by atoms with Gasteiger partial charge in [-0.05, 0) is 29.4 Å². The van der Waals surface area contributed by atoms with Gasteiger partial charge in [0.15, 0.2) is 0 Å². The molecule has 1 N–H and O–H groups in total. The fourth-order valence-corrected chi connectivity index (χ4v) is 5.21. The molecule has 0 unspecified atom stereocenters. The Morgan fingerprint density at radius 2 is 2.07 bits per heavy atom. The van der Waals surface area contributed by atoms with Crippen molar-refractivity contribution in [3.63, 3.8) is 0 Å². The Hall–Kier alpha value is -2.27. The molecule has 0 aliphatic carbocycles. The predicted octanol–water partition coefficient (Wildman–Crippen LogP) is 1.52. The first kappa shape index (κ1) is 22.4. The molecule has 7 nitrogen and oxygen atoms in total. The van der Waals surface area contributed by atoms with Gasteiger partial charge in [-0.3, -0.25) is 9.59 Å². The van der Waals surface area contributed by atoms with E-state index in [2.05, 4.69) is 9.50 Å². The predicted molar refractivity (Wildman–Crippen MR) is 130 cm³/mol. The molecule has 2 aromatic heterocycles. The lowest BCUT2D eigenvalue weighted by atomic mass is 10.1. The van der Waals surface area contributed by atoms with Crippen molar-refractivity contribution in [2.24, 2.45) is 0 Å². The molecule has 3 heterocycles. The lowest BCUT2D eigenvalue weighted by Crippen LogP contribution is -2.52. The van der Waals surface area contributed by atoms with Gasteiger partial charge in [-0.15, -0.1) is 32.1 Å². The number of nitrogens with one attached hydrogen (secondary N) is 1. The first-order valence-corrected chi connectivity index (χ1v) is 13.2. The van der Waals surface area contributed by atoms with Crippen LogP contribution in [-0.4, -0.2) is 59.1 Å². The highest BCUT2D eigenvalue weighted by Gasteiger charge is 2.28. The van der Waals surface area contributed by atoms with Crippen LogP contribution in [0.15, 0.2) is 22.3 Å². The third-order valence-electron chi connectivity index (χ3n) is 4.83. The largest absolute Gasteiger partial charge is 0.462 e. The number of amides is 1. The summed E-state index contributed by atoms with van der Waals surface area (Å²) in [6.45, 7) is 5.80. The van der Waals surface area contributed by atoms with Crippen LogP contribution in [-0.2, 0) is 4.74 Å². The molecule has 0 radical (unpaired) electrons. The summed E-state index contributed by atoms with van der Waals surface area (Å²) in [7, 11) is 0. The Bertz CT molecular complexity index is 1120. The molecule has 1 aliphatic rings. The highest BCUT2D eigenvalue weighted by atomic mass is 127. The molecule has 1 aliphatic heterocycles. The first-order valence-electron chi connectivity index (χ1n) is 9.56. The molecule has 3 rings (SSSR count). The van der Waals surface area contributed by atoms with E-state index in [9.17, 15) is 14.4 Å². The number of hydrogen-bond donors (Lipinski definition) is 1. The molecule has 0 spiro atoms. The van der Waals surface area contributed by atoms with Crippen molar-refractivity contribution >= 4 is 64.3 Å². The maximum absolute atomic E-state index is 12.8. The molecule has 30 heavy (non-hydrogen) atoms. The number of hydrogen-bond acceptors (Lipinski definition) is 6. The quantitative estimate of drug-likeness (QED) is 0.459. The standard InChI is InChI=1S/C21H24IN3O4S/c1-4-15-14(13-22-3)18(17(19(26)23-15)21(28)29-5-2)24-8-10-25(11-9-24)20(27)16-7-6-12-30-16/h4,6-7,12-13H,3,5,8-11H2,1-2H3,(H,23,26)/b14-13+,15-4+. The first-order chi connectivity index (χ1) is 14.5. The van der Waals surface area contributed by atoms with Crippen LogP contribution in [0.3, 0.4) is 0 Å². The Morgan fingerprint density at radius 1 is 1.33 bits per heavy atom. The van der Waals surface area contributed by atoms with Crippen molar-refractivity contribution < 1.29 is 14.3 Å². The number of pyridine rings is 1. The molecule has 9 heteroatoms. The number of thiophene rings is 1. The van der Waals surface area contributed by atoms with E-state index < -0.39 is 32.3 Å². The summed E-state index contributed by atoms with van der Waals surface area (Å²) in [5.74, 6) is -0.621. The van der Waals surface area contributed by atoms with Crippen molar-refractivity contribution in [1.82, 2.24) is 9.88 Å². The van der Waals surface area contributed by atoms with Crippen molar-refractivity contribution in [3.8, 4) is 0 Å². The minimum Gasteiger partial charge on any atom is -0.462 e. The fourth-order valence-electron chi connectivity index (χ4n) is 3.45. The van der Waals surface area contributed by atoms with Crippen LogP contribution in [0.25, 0.3) is 10.2 Å². The summed E-state index contributed by atoms with van der Waals surface area (Å²) >= 11 is 0.938. The molecule has 0 atom stereocenters. The van der Waals surface area contributed by atoms with Crippen LogP contribution >= 0.6 is 32.1 Å². The highest BCUT2D eigenvalue weighted by Crippen LogP contribution is 2.19. The number of piperazine rings is 1. The number of carbonyl (C=O) groups is 2. The van der Waals surface area contributed by atoms with Crippen molar-refractivity contribution in [2.45, 2.75) is 13.8 Å². The van der Waals surface area contributed by atoms with Gasteiger partial charge in [0, 0.05) is 36.7 Å². The summed E-state index contributed by atoms with van der Waals surface area (Å²) in [6.07, 6.45) is 1.82. The minimum atomic E-state index is -0.634. The number of halogens is 1. The maximum Gasteiger partial charge on any atom is 0.345 e. The second-order valence-electron chi connectivity index (χ2n) is 6.53. The van der Waals surface area contributed by atoms with Crippen molar-refractivity contribution in [3.05, 3.63) is 48.9 Å². The Labute approximate surface area is 188 Å². The molecular weight excluding hydrogens is 517 g/mol. The second kappa shape index (κ2) is 10.2. The topological polar surface area (TPSA) is 82.7 Å². The average Bonchev–Trinajstić information content (AvgIpc) is 3.29. The molecular formula is C21H24IN3O4S. The number of esters is 1. The van der Waals surface area contributed by atoms with Gasteiger partial charge in [-0.2, -0.15) is 0 Å². The van der Waals surface area contributed by atoms with Gasteiger partial charge in [0.25, 0.3) is 11.5 Å². The van der Waals surface area contributed by atoms with Gasteiger partial charge in [-0.1, -0.05) is 16.7 Å². The van der Waals surface area contributed by atoms with Gasteiger partial charge in [-0.25, -0.2) is 4.79 Å². The minimum absolute atomic E-state index is 0.0131. The third-order valence-corrected chi connectivity index (χ3v) is 6.75. The Morgan fingerprint density at radius 3 is 2.63 bits per heavy atom. The average molecular weight is 541 g/mol. The lowest BCUT2D eigenvalue weighted by Gasteiger charge is -2.36. The number of aromatic amines is 1. The van der Waals surface area contributed by atoms with E-state index in [1.54, 1.807) is 6.92 Å². The number of carbonyl (C=O) groups excluding carboxylic acids is 2. The monoisotopic (exact) mass is 541 g/mol. The number of nitrogens with zero attached hydrogens (tertiary/aromatic N) is 2. The maximum atomic E-state index is 12.8. The molecule has 0 saturated carbocycles. The molecule has 0 bridgehead atoms. The Kier molecular flexibility index (Phi) is 7.59. The van der Waals surface area contributed by atoms with Gasteiger partial charge in [0.2, 0.25) is 0 Å². The fraction of sp³-hybridized carbons (Fsp3) is 0.333. The third kappa shape index (κ3) is 4.56. The van der Waals surface area contributed by atoms with Gasteiger partial charge in [0.05, 0.1) is 17.2 Å². The van der Waals surface area contributed by atoms with Crippen LogP contribution in [0.2, 0.25) is 0 Å². The molecule has 0 aromatic carbocycles. The second-order valence-corrected chi connectivity index (χ2v) is 8.99. The summed E-state index contributed by atoms with van der Waals surface area (Å²) in [5, 5.41) is 3.36. The van der Waals surface area contributed by atoms with Crippen LogP contribution in [0.5, 0.6) is 0 Å². The van der Waals surface area contributed by atoms with Crippen LogP contribution < -0.4 is 21.0 Å². The normalized spacial score (nSPS) is 15.5. The summed E-state index contributed by atoms with van der Waals surface area (Å²) in [6, 6.07) is 3.69. The molecule has 1 fully saturated rings. The van der Waals surface area contributed by atoms with Crippen LogP contribution in [0.1, 0.15) is 33.9 Å². The number of anilines is 1. The number of rotatable bonds is 5. The van der Waals surface area contributed by atoms with E-state index in [1.807, 2.05) is 44.4 Å². The molecule has 1 saturated heterocycles. The van der Waals surface area contributed by atoms with E-state index in [1.165, 1.54) is 11.3 Å². The van der Waals surface area contributed by atoms with Crippen molar-refractivity contribution in [1.29, 1.82) is 0 Å². The zero-order valence-electron chi connectivity index (χ0n) is 16.9. The SMILES string of the molecule is C=I/C=c1/c(N2CCN(C(=O)c3cccs3)CC2)c(C(=O)OCC)c(=O)[nH]/c1=C/C. The van der Waals surface area contributed by atoms with E-state index >= 15 is 0 Å². The summed E-state index contributed by atoms with van der Waals surface area (Å²) in [5.41, 5.74) is 0.133. The van der Waals surface area contributed by atoms with E-state index in [4.69, 9.17) is 4.74 Å². The number of H-pyrrole nitrogens is 1. The molecule has 2 aromatic rings. The number of aromatic nitrogens is 1. The van der Waals surface area contributed by atoms with Crippen molar-refractivity contribution in [2.75, 3.05) is 37.7 Å². The lowest BCUT2D eigenvalue weighted by molar-refractivity contribution is 0.0523. The zero-order valence-corrected chi connectivity index (χ0v) is 19.9. The smallest absolute Gasteiger partial charge is 0.345 e. The van der Waals surface area contributed by atoms with Gasteiger partial charge in [0.1, 0.15) is 5.56 Å². The summed E-state index contributed by atoms with van der Waals surface area (Å²) in [4.78, 5) is 45.4. The Balaban J connectivity index is 2.02. The molecule has 160 valence electrons. The van der Waals surface area contributed by atoms with E-state index in [0.717, 1.165) is 5.22 Å².